The van der Waals surface area contributed by atoms with Crippen LogP contribution in [0.5, 0.6) is 0 Å². The first-order chi connectivity index (χ1) is 7.77. The number of hydrogen-bond donors (Lipinski definition) is 0. The van der Waals surface area contributed by atoms with Crippen LogP contribution in [0.4, 0.5) is 0 Å². The molecule has 3 heteroatoms. The van der Waals surface area contributed by atoms with Crippen molar-refractivity contribution in [1.82, 2.24) is 4.98 Å². The molecule has 0 radical (unpaired) electrons. The Morgan fingerprint density at radius 2 is 2.06 bits per heavy atom. The van der Waals surface area contributed by atoms with Gasteiger partial charge < -0.3 is 0 Å². The molecule has 16 heavy (non-hydrogen) atoms. The molecule has 0 aliphatic heterocycles. The number of thiophene rings is 1. The zero-order valence-electron chi connectivity index (χ0n) is 9.14. The molecule has 0 aromatic carbocycles. The maximum Gasteiger partial charge on any atom is 0.173 e. The molecule has 0 aliphatic carbocycles. The molecule has 0 bridgehead atoms. The molecule has 0 atom stereocenters. The van der Waals surface area contributed by atoms with E-state index in [1.54, 1.807) is 12.4 Å². The smallest absolute Gasteiger partial charge is 0.173 e. The van der Waals surface area contributed by atoms with Crippen molar-refractivity contribution in [3.05, 3.63) is 52.0 Å². The molecule has 0 saturated heterocycles. The predicted molar refractivity (Wildman–Crippen MR) is 65.9 cm³/mol. The predicted octanol–water partition coefficient (Wildman–Crippen LogP) is 3.27. The van der Waals surface area contributed by atoms with E-state index < -0.39 is 0 Å². The third-order valence-corrected chi connectivity index (χ3v) is 3.56. The van der Waals surface area contributed by atoms with Crippen LogP contribution in [0.1, 0.15) is 27.2 Å². The van der Waals surface area contributed by atoms with E-state index in [0.29, 0.717) is 6.42 Å². The minimum Gasteiger partial charge on any atom is -0.293 e. The maximum atomic E-state index is 11.9. The maximum absolute atomic E-state index is 11.9. The Labute approximate surface area is 99.0 Å². The van der Waals surface area contributed by atoms with Gasteiger partial charge in [-0.1, -0.05) is 0 Å². The molecule has 2 aromatic rings. The van der Waals surface area contributed by atoms with E-state index in [-0.39, 0.29) is 5.78 Å². The van der Waals surface area contributed by atoms with Crippen LogP contribution in [0.25, 0.3) is 0 Å². The zero-order valence-corrected chi connectivity index (χ0v) is 9.96. The topological polar surface area (TPSA) is 30.0 Å². The highest BCUT2D eigenvalue weighted by Gasteiger charge is 2.10. The van der Waals surface area contributed by atoms with Crippen LogP contribution >= 0.6 is 11.3 Å². The van der Waals surface area contributed by atoms with Crippen LogP contribution in [-0.4, -0.2) is 10.8 Å². The minimum atomic E-state index is 0.240. The molecule has 0 unspecified atom stereocenters. The van der Waals surface area contributed by atoms with E-state index in [1.807, 2.05) is 30.5 Å². The highest BCUT2D eigenvalue weighted by Crippen LogP contribution is 2.18. The van der Waals surface area contributed by atoms with E-state index in [1.165, 1.54) is 11.3 Å². The van der Waals surface area contributed by atoms with E-state index in [2.05, 4.69) is 4.98 Å². The van der Waals surface area contributed by atoms with E-state index in [4.69, 9.17) is 0 Å². The SMILES string of the molecule is Cc1ccsc1C(=O)CCc1ccncc1. The Balaban J connectivity index is 1.97. The van der Waals surface area contributed by atoms with Gasteiger partial charge in [0, 0.05) is 18.8 Å². The van der Waals surface area contributed by atoms with Crippen molar-refractivity contribution < 1.29 is 4.79 Å². The average molecular weight is 231 g/mol. The summed E-state index contributed by atoms with van der Waals surface area (Å²) in [6.07, 6.45) is 4.89. The van der Waals surface area contributed by atoms with Crippen LogP contribution in [0, 0.1) is 6.92 Å². The number of ketones is 1. The van der Waals surface area contributed by atoms with Gasteiger partial charge in [-0.2, -0.15) is 0 Å². The molecule has 0 saturated carbocycles. The quantitative estimate of drug-likeness (QED) is 0.756. The van der Waals surface area contributed by atoms with Gasteiger partial charge in [-0.15, -0.1) is 11.3 Å². The second kappa shape index (κ2) is 5.03. The highest BCUT2D eigenvalue weighted by atomic mass is 32.1. The fraction of sp³-hybridized carbons (Fsp3) is 0.231. The molecular weight excluding hydrogens is 218 g/mol. The van der Waals surface area contributed by atoms with Crippen molar-refractivity contribution in [2.24, 2.45) is 0 Å². The first kappa shape index (κ1) is 11.0. The number of aromatic nitrogens is 1. The summed E-state index contributed by atoms with van der Waals surface area (Å²) in [5.41, 5.74) is 2.25. The number of carbonyl (C=O) groups excluding carboxylic acids is 1. The van der Waals surface area contributed by atoms with Gasteiger partial charge in [0.15, 0.2) is 5.78 Å². The van der Waals surface area contributed by atoms with Crippen molar-refractivity contribution >= 4 is 17.1 Å². The van der Waals surface area contributed by atoms with Crippen molar-refractivity contribution in [3.8, 4) is 0 Å². The number of hydrogen-bond acceptors (Lipinski definition) is 3. The fourth-order valence-corrected chi connectivity index (χ4v) is 2.47. The van der Waals surface area contributed by atoms with Crippen LogP contribution in [0.15, 0.2) is 36.0 Å². The third kappa shape index (κ3) is 2.55. The van der Waals surface area contributed by atoms with Gasteiger partial charge in [0.1, 0.15) is 0 Å². The largest absolute Gasteiger partial charge is 0.293 e. The summed E-state index contributed by atoms with van der Waals surface area (Å²) in [5, 5.41) is 1.97. The monoisotopic (exact) mass is 231 g/mol. The Morgan fingerprint density at radius 1 is 1.31 bits per heavy atom. The second-order valence-corrected chi connectivity index (χ2v) is 4.63. The van der Waals surface area contributed by atoms with E-state index in [0.717, 1.165) is 22.4 Å². The summed E-state index contributed by atoms with van der Waals surface area (Å²) in [6.45, 7) is 1.98. The van der Waals surface area contributed by atoms with Gasteiger partial charge >= 0.3 is 0 Å². The molecule has 0 amide bonds. The van der Waals surface area contributed by atoms with E-state index >= 15 is 0 Å². The Kier molecular flexibility index (Phi) is 3.47. The Bertz CT molecular complexity index is 476. The number of nitrogens with zero attached hydrogens (tertiary/aromatic N) is 1. The molecule has 0 spiro atoms. The zero-order chi connectivity index (χ0) is 11.4. The molecule has 0 N–H and O–H groups in total. The normalized spacial score (nSPS) is 10.3. The summed E-state index contributed by atoms with van der Waals surface area (Å²) >= 11 is 1.53. The summed E-state index contributed by atoms with van der Waals surface area (Å²) in [5.74, 6) is 0.240. The lowest BCUT2D eigenvalue weighted by atomic mass is 10.1. The Hall–Kier alpha value is -1.48. The molecule has 2 nitrogen and oxygen atoms in total. The second-order valence-electron chi connectivity index (χ2n) is 3.71. The number of pyridine rings is 1. The van der Waals surface area contributed by atoms with Crippen molar-refractivity contribution in [2.75, 3.05) is 0 Å². The van der Waals surface area contributed by atoms with Gasteiger partial charge in [-0.3, -0.25) is 9.78 Å². The van der Waals surface area contributed by atoms with Crippen LogP contribution in [-0.2, 0) is 6.42 Å². The lowest BCUT2D eigenvalue weighted by Crippen LogP contribution is -2.00. The molecule has 2 rings (SSSR count). The van der Waals surface area contributed by atoms with Gasteiger partial charge in [-0.05, 0) is 48.1 Å². The minimum absolute atomic E-state index is 0.240. The summed E-state index contributed by atoms with van der Waals surface area (Å²) in [7, 11) is 0. The molecule has 82 valence electrons. The van der Waals surface area contributed by atoms with E-state index in [9.17, 15) is 4.79 Å². The number of carbonyl (C=O) groups is 1. The Morgan fingerprint density at radius 3 is 2.69 bits per heavy atom. The van der Waals surface area contributed by atoms with Crippen LogP contribution in [0.3, 0.4) is 0 Å². The lowest BCUT2D eigenvalue weighted by Gasteiger charge is -2.00. The first-order valence-corrected chi connectivity index (χ1v) is 6.11. The standard InChI is InChI=1S/C13H13NOS/c1-10-6-9-16-13(10)12(15)3-2-11-4-7-14-8-5-11/h4-9H,2-3H2,1H3. The summed E-state index contributed by atoms with van der Waals surface area (Å²) in [6, 6.07) is 5.90. The molecule has 0 aliphatic rings. The van der Waals surface area contributed by atoms with Crippen LogP contribution < -0.4 is 0 Å². The molecule has 2 aromatic heterocycles. The first-order valence-electron chi connectivity index (χ1n) is 5.23. The number of aryl methyl sites for hydroxylation is 2. The number of rotatable bonds is 4. The van der Waals surface area contributed by atoms with Crippen molar-refractivity contribution in [2.45, 2.75) is 19.8 Å². The highest BCUT2D eigenvalue weighted by molar-refractivity contribution is 7.12. The van der Waals surface area contributed by atoms with Crippen molar-refractivity contribution in [1.29, 1.82) is 0 Å². The lowest BCUT2D eigenvalue weighted by molar-refractivity contribution is 0.0986. The third-order valence-electron chi connectivity index (χ3n) is 2.51. The van der Waals surface area contributed by atoms with Gasteiger partial charge in [0.2, 0.25) is 0 Å². The molecular formula is C13H13NOS. The summed E-state index contributed by atoms with van der Waals surface area (Å²) < 4.78 is 0. The molecule has 2 heterocycles. The fourth-order valence-electron chi connectivity index (χ4n) is 1.58. The van der Waals surface area contributed by atoms with Crippen molar-refractivity contribution in [3.63, 3.8) is 0 Å². The van der Waals surface area contributed by atoms with Gasteiger partial charge in [0.05, 0.1) is 4.88 Å². The molecule has 0 fully saturated rings. The van der Waals surface area contributed by atoms with Gasteiger partial charge in [-0.25, -0.2) is 0 Å². The summed E-state index contributed by atoms with van der Waals surface area (Å²) in [4.78, 5) is 16.7. The van der Waals surface area contributed by atoms with Gasteiger partial charge in [0.25, 0.3) is 0 Å². The average Bonchev–Trinajstić information content (AvgIpc) is 2.74. The number of Topliss-reactive ketones (excluding diaryl/α,β-unsaturated/α-hetero) is 1. The van der Waals surface area contributed by atoms with Crippen LogP contribution in [0.2, 0.25) is 0 Å².